The van der Waals surface area contributed by atoms with Crippen molar-refractivity contribution in [1.82, 2.24) is 0 Å². The highest BCUT2D eigenvalue weighted by atomic mass is 32.1. The van der Waals surface area contributed by atoms with Gasteiger partial charge in [0.05, 0.1) is 6.61 Å². The number of carbonyl (C=O) groups is 1. The summed E-state index contributed by atoms with van der Waals surface area (Å²) in [6, 6.07) is 8.42. The average Bonchev–Trinajstić information content (AvgIpc) is 2.91. The molecule has 3 rings (SSSR count). The number of esters is 1. The molecule has 4 heteroatoms. The Morgan fingerprint density at radius 1 is 1.33 bits per heavy atom. The summed E-state index contributed by atoms with van der Waals surface area (Å²) in [5, 5.41) is 1.12. The summed E-state index contributed by atoms with van der Waals surface area (Å²) in [5.74, 6) is 0.620. The van der Waals surface area contributed by atoms with Crippen LogP contribution in [0, 0.1) is 5.92 Å². The van der Waals surface area contributed by atoms with Crippen LogP contribution < -0.4 is 4.90 Å². The number of hydrogen-bond donors (Lipinski definition) is 0. The molecule has 0 spiro atoms. The molecule has 21 heavy (non-hydrogen) atoms. The summed E-state index contributed by atoms with van der Waals surface area (Å²) in [6.45, 7) is 6.84. The standard InChI is InChI=1S/C17H21NO2S/c1-3-20-17(19)16-10-13-4-5-14(11-15(13)21-16)18-8-6-12(2)7-9-18/h4-5,10-12H,3,6-9H2,1-2H3. The van der Waals surface area contributed by atoms with E-state index < -0.39 is 0 Å². The number of thiophene rings is 1. The SMILES string of the molecule is CCOC(=O)c1cc2ccc(N3CCC(C)CC3)cc2s1. The van der Waals surface area contributed by atoms with Gasteiger partial charge in [0.25, 0.3) is 0 Å². The first-order valence-electron chi connectivity index (χ1n) is 7.63. The fraction of sp³-hybridized carbons (Fsp3) is 0.471. The molecule has 0 atom stereocenters. The minimum Gasteiger partial charge on any atom is -0.462 e. The lowest BCUT2D eigenvalue weighted by atomic mass is 9.99. The summed E-state index contributed by atoms with van der Waals surface area (Å²) >= 11 is 1.52. The van der Waals surface area contributed by atoms with Crippen LogP contribution >= 0.6 is 11.3 Å². The minimum atomic E-state index is -0.216. The van der Waals surface area contributed by atoms with Crippen LogP contribution in [-0.4, -0.2) is 25.7 Å². The number of nitrogens with zero attached hydrogens (tertiary/aromatic N) is 1. The number of piperidine rings is 1. The third kappa shape index (κ3) is 3.05. The smallest absolute Gasteiger partial charge is 0.348 e. The van der Waals surface area contributed by atoms with E-state index in [1.54, 1.807) is 0 Å². The molecular formula is C17H21NO2S. The van der Waals surface area contributed by atoms with Crippen molar-refractivity contribution in [3.63, 3.8) is 0 Å². The highest BCUT2D eigenvalue weighted by molar-refractivity contribution is 7.20. The summed E-state index contributed by atoms with van der Waals surface area (Å²) in [7, 11) is 0. The van der Waals surface area contributed by atoms with Gasteiger partial charge in [-0.3, -0.25) is 0 Å². The molecule has 0 saturated carbocycles. The fourth-order valence-corrected chi connectivity index (χ4v) is 3.78. The van der Waals surface area contributed by atoms with Crippen molar-refractivity contribution in [3.05, 3.63) is 29.1 Å². The lowest BCUT2D eigenvalue weighted by Crippen LogP contribution is -2.32. The first-order chi connectivity index (χ1) is 10.2. The maximum atomic E-state index is 11.8. The van der Waals surface area contributed by atoms with E-state index in [1.807, 2.05) is 13.0 Å². The summed E-state index contributed by atoms with van der Waals surface area (Å²) in [5.41, 5.74) is 1.27. The van der Waals surface area contributed by atoms with Crippen molar-refractivity contribution >= 4 is 33.1 Å². The Morgan fingerprint density at radius 2 is 2.10 bits per heavy atom. The molecule has 0 N–H and O–H groups in total. The molecule has 1 saturated heterocycles. The molecular weight excluding hydrogens is 282 g/mol. The topological polar surface area (TPSA) is 29.5 Å². The zero-order valence-corrected chi connectivity index (χ0v) is 13.4. The molecule has 2 aromatic rings. The number of hydrogen-bond acceptors (Lipinski definition) is 4. The van der Waals surface area contributed by atoms with Gasteiger partial charge < -0.3 is 9.64 Å². The van der Waals surface area contributed by atoms with Gasteiger partial charge in [0.2, 0.25) is 0 Å². The van der Waals surface area contributed by atoms with Crippen LogP contribution in [-0.2, 0) is 4.74 Å². The van der Waals surface area contributed by atoms with Crippen LogP contribution in [0.1, 0.15) is 36.4 Å². The first kappa shape index (κ1) is 14.4. The minimum absolute atomic E-state index is 0.216. The Morgan fingerprint density at radius 3 is 2.81 bits per heavy atom. The molecule has 0 amide bonds. The van der Waals surface area contributed by atoms with E-state index in [0.29, 0.717) is 11.5 Å². The predicted molar refractivity (Wildman–Crippen MR) is 88.4 cm³/mol. The Hall–Kier alpha value is -1.55. The Kier molecular flexibility index (Phi) is 4.15. The van der Waals surface area contributed by atoms with Gasteiger partial charge in [0.15, 0.2) is 0 Å². The molecule has 1 aliphatic rings. The van der Waals surface area contributed by atoms with Crippen molar-refractivity contribution < 1.29 is 9.53 Å². The van der Waals surface area contributed by atoms with Crippen LogP contribution in [0.25, 0.3) is 10.1 Å². The number of fused-ring (bicyclic) bond motifs is 1. The highest BCUT2D eigenvalue weighted by Crippen LogP contribution is 2.31. The van der Waals surface area contributed by atoms with Gasteiger partial charge >= 0.3 is 5.97 Å². The molecule has 1 aromatic carbocycles. The van der Waals surface area contributed by atoms with Gasteiger partial charge in [-0.15, -0.1) is 11.3 Å². The zero-order valence-electron chi connectivity index (χ0n) is 12.6. The largest absolute Gasteiger partial charge is 0.462 e. The van der Waals surface area contributed by atoms with Crippen LogP contribution in [0.3, 0.4) is 0 Å². The Bertz CT molecular complexity index is 641. The molecule has 0 aliphatic carbocycles. The van der Waals surface area contributed by atoms with E-state index in [9.17, 15) is 4.79 Å². The van der Waals surface area contributed by atoms with Gasteiger partial charge in [0, 0.05) is 23.5 Å². The van der Waals surface area contributed by atoms with Crippen molar-refractivity contribution in [2.24, 2.45) is 5.92 Å². The zero-order chi connectivity index (χ0) is 14.8. The van der Waals surface area contributed by atoms with Crippen LogP contribution in [0.15, 0.2) is 24.3 Å². The van der Waals surface area contributed by atoms with Gasteiger partial charge in [-0.25, -0.2) is 4.79 Å². The third-order valence-electron chi connectivity index (χ3n) is 4.13. The van der Waals surface area contributed by atoms with E-state index in [2.05, 4.69) is 30.0 Å². The number of carbonyl (C=O) groups excluding carboxylic acids is 1. The van der Waals surface area contributed by atoms with E-state index in [-0.39, 0.29) is 5.97 Å². The first-order valence-corrected chi connectivity index (χ1v) is 8.44. The van der Waals surface area contributed by atoms with E-state index in [0.717, 1.165) is 29.1 Å². The molecule has 0 unspecified atom stereocenters. The molecule has 1 fully saturated rings. The number of rotatable bonds is 3. The molecule has 0 bridgehead atoms. The summed E-state index contributed by atoms with van der Waals surface area (Å²) in [4.78, 5) is 15.0. The molecule has 0 radical (unpaired) electrons. The maximum Gasteiger partial charge on any atom is 0.348 e. The van der Waals surface area contributed by atoms with Crippen molar-refractivity contribution in [3.8, 4) is 0 Å². The van der Waals surface area contributed by atoms with Crippen LogP contribution in [0.4, 0.5) is 5.69 Å². The van der Waals surface area contributed by atoms with E-state index in [4.69, 9.17) is 4.74 Å². The van der Waals surface area contributed by atoms with Crippen LogP contribution in [0.2, 0.25) is 0 Å². The van der Waals surface area contributed by atoms with Gasteiger partial charge in [-0.1, -0.05) is 13.0 Å². The van der Waals surface area contributed by atoms with E-state index >= 15 is 0 Å². The van der Waals surface area contributed by atoms with Crippen LogP contribution in [0.5, 0.6) is 0 Å². The Balaban J connectivity index is 1.84. The second kappa shape index (κ2) is 6.06. The average molecular weight is 303 g/mol. The quantitative estimate of drug-likeness (QED) is 0.791. The van der Waals surface area contributed by atoms with Gasteiger partial charge in [0.1, 0.15) is 4.88 Å². The van der Waals surface area contributed by atoms with E-state index in [1.165, 1.54) is 29.9 Å². The monoisotopic (exact) mass is 303 g/mol. The molecule has 112 valence electrons. The number of anilines is 1. The Labute approximate surface area is 129 Å². The van der Waals surface area contributed by atoms with Crippen molar-refractivity contribution in [1.29, 1.82) is 0 Å². The summed E-state index contributed by atoms with van der Waals surface area (Å²) in [6.07, 6.45) is 2.52. The fourth-order valence-electron chi connectivity index (χ4n) is 2.79. The van der Waals surface area contributed by atoms with Gasteiger partial charge in [-0.2, -0.15) is 0 Å². The van der Waals surface area contributed by atoms with Crippen molar-refractivity contribution in [2.45, 2.75) is 26.7 Å². The maximum absolute atomic E-state index is 11.8. The van der Waals surface area contributed by atoms with Crippen molar-refractivity contribution in [2.75, 3.05) is 24.6 Å². The second-order valence-corrected chi connectivity index (χ2v) is 6.81. The molecule has 1 aliphatic heterocycles. The highest BCUT2D eigenvalue weighted by Gasteiger charge is 2.17. The number of ether oxygens (including phenoxy) is 1. The number of benzene rings is 1. The lowest BCUT2D eigenvalue weighted by molar-refractivity contribution is 0.0532. The normalized spacial score (nSPS) is 16.4. The predicted octanol–water partition coefficient (Wildman–Crippen LogP) is 4.31. The second-order valence-electron chi connectivity index (χ2n) is 5.72. The lowest BCUT2D eigenvalue weighted by Gasteiger charge is -2.32. The van der Waals surface area contributed by atoms with Gasteiger partial charge in [-0.05, 0) is 49.3 Å². The summed E-state index contributed by atoms with van der Waals surface area (Å²) < 4.78 is 6.24. The molecule has 3 nitrogen and oxygen atoms in total. The molecule has 2 heterocycles. The third-order valence-corrected chi connectivity index (χ3v) is 5.21. The molecule has 1 aromatic heterocycles.